The van der Waals surface area contributed by atoms with Crippen molar-refractivity contribution in [1.82, 2.24) is 19.6 Å². The number of rotatable bonds is 4. The summed E-state index contributed by atoms with van der Waals surface area (Å²) in [5.74, 6) is 0. The molecule has 0 amide bonds. The fourth-order valence-corrected chi connectivity index (χ4v) is 4.41. The van der Waals surface area contributed by atoms with Crippen molar-refractivity contribution in [3.63, 3.8) is 0 Å². The summed E-state index contributed by atoms with van der Waals surface area (Å²) in [6, 6.07) is 16.8. The lowest BCUT2D eigenvalue weighted by molar-refractivity contribution is 0.176. The number of thiocarbonyl (C=S) groups is 1. The zero-order valence-electron chi connectivity index (χ0n) is 18.9. The van der Waals surface area contributed by atoms with Gasteiger partial charge in [-0.05, 0) is 69.2 Å². The Kier molecular flexibility index (Phi) is 6.39. The molecule has 0 saturated carbocycles. The summed E-state index contributed by atoms with van der Waals surface area (Å²) in [5, 5.41) is 9.07. The zero-order chi connectivity index (χ0) is 22.0. The average molecular weight is 434 g/mol. The molecule has 0 aliphatic carbocycles. The molecule has 0 radical (unpaired) electrons. The molecule has 1 aromatic heterocycles. The topological polar surface area (TPSA) is 36.3 Å². The maximum atomic E-state index is 5.71. The standard InChI is InChI=1S/C25H31N5S/c1-18-10-11-19(2)24(16-18)26-25(31)29-14-12-28(13-15-29)17-23-20(3)27-30(21(23)4)22-8-6-5-7-9-22/h5-11,16H,12-15,17H2,1-4H3,(H,26,31). The molecule has 1 aliphatic heterocycles. The molecular formula is C25H31N5S. The Hall–Kier alpha value is -2.70. The van der Waals surface area contributed by atoms with Crippen LogP contribution in [0.15, 0.2) is 48.5 Å². The van der Waals surface area contributed by atoms with Crippen LogP contribution in [0, 0.1) is 27.7 Å². The van der Waals surface area contributed by atoms with E-state index in [1.807, 2.05) is 6.07 Å². The number of benzene rings is 2. The second-order valence-electron chi connectivity index (χ2n) is 8.41. The van der Waals surface area contributed by atoms with Crippen molar-refractivity contribution >= 4 is 23.0 Å². The fraction of sp³-hybridized carbons (Fsp3) is 0.360. The van der Waals surface area contributed by atoms with Crippen molar-refractivity contribution in [2.75, 3.05) is 31.5 Å². The minimum absolute atomic E-state index is 0.817. The summed E-state index contributed by atoms with van der Waals surface area (Å²) in [4.78, 5) is 4.78. The maximum absolute atomic E-state index is 5.71. The van der Waals surface area contributed by atoms with Gasteiger partial charge in [0.1, 0.15) is 0 Å². The summed E-state index contributed by atoms with van der Waals surface area (Å²) >= 11 is 5.71. The largest absolute Gasteiger partial charge is 0.346 e. The molecule has 2 aromatic carbocycles. The van der Waals surface area contributed by atoms with Crippen LogP contribution in [-0.4, -0.2) is 50.9 Å². The summed E-state index contributed by atoms with van der Waals surface area (Å²) in [6.07, 6.45) is 0. The fourth-order valence-electron chi connectivity index (χ4n) is 4.12. The van der Waals surface area contributed by atoms with Crippen LogP contribution in [0.4, 0.5) is 5.69 Å². The molecule has 1 saturated heterocycles. The Bertz CT molecular complexity index is 1070. The molecule has 0 spiro atoms. The van der Waals surface area contributed by atoms with Crippen molar-refractivity contribution in [1.29, 1.82) is 0 Å². The van der Waals surface area contributed by atoms with Gasteiger partial charge in [-0.3, -0.25) is 4.90 Å². The highest BCUT2D eigenvalue weighted by Crippen LogP contribution is 2.21. The van der Waals surface area contributed by atoms with E-state index < -0.39 is 0 Å². The van der Waals surface area contributed by atoms with Crippen LogP contribution in [0.2, 0.25) is 0 Å². The van der Waals surface area contributed by atoms with Crippen LogP contribution >= 0.6 is 12.2 Å². The number of piperazine rings is 1. The van der Waals surface area contributed by atoms with Gasteiger partial charge in [0.05, 0.1) is 11.4 Å². The summed E-state index contributed by atoms with van der Waals surface area (Å²) in [6.45, 7) is 13.3. The Morgan fingerprint density at radius 2 is 1.68 bits per heavy atom. The highest BCUT2D eigenvalue weighted by atomic mass is 32.1. The lowest BCUT2D eigenvalue weighted by Crippen LogP contribution is -2.49. The first-order valence-electron chi connectivity index (χ1n) is 10.9. The normalized spacial score (nSPS) is 14.6. The highest BCUT2D eigenvalue weighted by Gasteiger charge is 2.22. The Morgan fingerprint density at radius 3 is 2.39 bits per heavy atom. The van der Waals surface area contributed by atoms with Crippen LogP contribution in [-0.2, 0) is 6.54 Å². The van der Waals surface area contributed by atoms with Gasteiger partial charge < -0.3 is 10.2 Å². The number of para-hydroxylation sites is 1. The van der Waals surface area contributed by atoms with Crippen molar-refractivity contribution in [2.45, 2.75) is 34.2 Å². The smallest absolute Gasteiger partial charge is 0.173 e. The van der Waals surface area contributed by atoms with Gasteiger partial charge >= 0.3 is 0 Å². The molecule has 5 nitrogen and oxygen atoms in total. The van der Waals surface area contributed by atoms with E-state index in [1.165, 1.54) is 22.4 Å². The first kappa shape index (κ1) is 21.5. The average Bonchev–Trinajstić information content (AvgIpc) is 3.05. The SMILES string of the molecule is Cc1ccc(C)c(NC(=S)N2CCN(Cc3c(C)nn(-c4ccccc4)c3C)CC2)c1. The van der Waals surface area contributed by atoms with Gasteiger partial charge in [-0.2, -0.15) is 5.10 Å². The first-order chi connectivity index (χ1) is 14.9. The zero-order valence-corrected chi connectivity index (χ0v) is 19.7. The first-order valence-corrected chi connectivity index (χ1v) is 11.3. The number of hydrogen-bond acceptors (Lipinski definition) is 3. The number of anilines is 1. The van der Waals surface area contributed by atoms with E-state index in [-0.39, 0.29) is 0 Å². The Morgan fingerprint density at radius 1 is 0.968 bits per heavy atom. The minimum Gasteiger partial charge on any atom is -0.346 e. The number of aryl methyl sites for hydroxylation is 3. The molecule has 4 rings (SSSR count). The molecule has 0 atom stereocenters. The molecular weight excluding hydrogens is 402 g/mol. The van der Waals surface area contributed by atoms with E-state index in [0.29, 0.717) is 0 Å². The van der Waals surface area contributed by atoms with E-state index in [0.717, 1.165) is 54.9 Å². The number of nitrogens with one attached hydrogen (secondary N) is 1. The molecule has 0 bridgehead atoms. The van der Waals surface area contributed by atoms with E-state index in [2.05, 4.69) is 90.0 Å². The Balaban J connectivity index is 1.37. The Labute approximate surface area is 190 Å². The van der Waals surface area contributed by atoms with E-state index in [4.69, 9.17) is 17.3 Å². The van der Waals surface area contributed by atoms with Gasteiger partial charge in [0.15, 0.2) is 5.11 Å². The van der Waals surface area contributed by atoms with Crippen molar-refractivity contribution in [2.24, 2.45) is 0 Å². The third-order valence-electron chi connectivity index (χ3n) is 6.12. The maximum Gasteiger partial charge on any atom is 0.173 e. The molecule has 1 N–H and O–H groups in total. The van der Waals surface area contributed by atoms with E-state index in [9.17, 15) is 0 Å². The number of aromatic nitrogens is 2. The van der Waals surface area contributed by atoms with E-state index >= 15 is 0 Å². The predicted octanol–water partition coefficient (Wildman–Crippen LogP) is 4.62. The van der Waals surface area contributed by atoms with Gasteiger partial charge in [0, 0.05) is 49.7 Å². The molecule has 3 aromatic rings. The number of nitrogens with zero attached hydrogens (tertiary/aromatic N) is 4. The molecule has 6 heteroatoms. The molecule has 1 aliphatic rings. The van der Waals surface area contributed by atoms with Crippen molar-refractivity contribution in [3.05, 3.63) is 76.6 Å². The summed E-state index contributed by atoms with van der Waals surface area (Å²) in [5.41, 5.74) is 8.33. The lowest BCUT2D eigenvalue weighted by atomic mass is 10.1. The third-order valence-corrected chi connectivity index (χ3v) is 6.48. The molecule has 162 valence electrons. The van der Waals surface area contributed by atoms with Gasteiger partial charge in [-0.15, -0.1) is 0 Å². The minimum atomic E-state index is 0.817. The number of hydrogen-bond donors (Lipinski definition) is 1. The summed E-state index contributed by atoms with van der Waals surface area (Å²) in [7, 11) is 0. The van der Waals surface area contributed by atoms with Gasteiger partial charge in [0.25, 0.3) is 0 Å². The van der Waals surface area contributed by atoms with Crippen LogP contribution < -0.4 is 5.32 Å². The summed E-state index contributed by atoms with van der Waals surface area (Å²) < 4.78 is 2.06. The molecule has 0 unspecified atom stereocenters. The second kappa shape index (κ2) is 9.20. The van der Waals surface area contributed by atoms with Crippen molar-refractivity contribution < 1.29 is 0 Å². The monoisotopic (exact) mass is 433 g/mol. The second-order valence-corrected chi connectivity index (χ2v) is 8.80. The molecule has 31 heavy (non-hydrogen) atoms. The van der Waals surface area contributed by atoms with Gasteiger partial charge in [-0.25, -0.2) is 4.68 Å². The predicted molar refractivity (Wildman–Crippen MR) is 132 cm³/mol. The van der Waals surface area contributed by atoms with Crippen molar-refractivity contribution in [3.8, 4) is 5.69 Å². The van der Waals surface area contributed by atoms with Crippen LogP contribution in [0.5, 0.6) is 0 Å². The highest BCUT2D eigenvalue weighted by molar-refractivity contribution is 7.80. The van der Waals surface area contributed by atoms with Crippen LogP contribution in [0.1, 0.15) is 28.1 Å². The third kappa shape index (κ3) is 4.81. The lowest BCUT2D eigenvalue weighted by Gasteiger charge is -2.36. The van der Waals surface area contributed by atoms with Crippen LogP contribution in [0.3, 0.4) is 0 Å². The van der Waals surface area contributed by atoms with Crippen LogP contribution in [0.25, 0.3) is 5.69 Å². The molecule has 1 fully saturated rings. The van der Waals surface area contributed by atoms with E-state index in [1.54, 1.807) is 0 Å². The van der Waals surface area contributed by atoms with Gasteiger partial charge in [0.2, 0.25) is 0 Å². The van der Waals surface area contributed by atoms with Gasteiger partial charge in [-0.1, -0.05) is 30.3 Å². The molecule has 2 heterocycles. The quantitative estimate of drug-likeness (QED) is 0.608.